The van der Waals surface area contributed by atoms with E-state index in [0.717, 1.165) is 75.3 Å². The fourth-order valence-electron chi connectivity index (χ4n) is 9.94. The van der Waals surface area contributed by atoms with Gasteiger partial charge < -0.3 is 20.9 Å². The molecule has 4 bridgehead atoms. The van der Waals surface area contributed by atoms with Crippen LogP contribution >= 0.6 is 0 Å². The molecule has 4 aliphatic carbocycles. The summed E-state index contributed by atoms with van der Waals surface area (Å²) < 4.78 is 43.0. The average molecular weight is 707 g/mol. The molecule has 4 N–H and O–H groups in total. The Morgan fingerprint density at radius 2 is 1.08 bits per heavy atom. The van der Waals surface area contributed by atoms with Gasteiger partial charge in [-0.15, -0.1) is 0 Å². The average Bonchev–Trinajstić information content (AvgIpc) is 3.05. The van der Waals surface area contributed by atoms with Gasteiger partial charge in [-0.25, -0.2) is 8.78 Å². The van der Waals surface area contributed by atoms with Crippen LogP contribution in [0.2, 0.25) is 0 Å². The maximum Gasteiger partial charge on any atom is 0.316 e. The minimum atomic E-state index is -0.886. The molecule has 0 heterocycles. The molecule has 4 aliphatic rings. The Kier molecular flexibility index (Phi) is 10.5. The molecule has 0 aromatic heterocycles. The summed E-state index contributed by atoms with van der Waals surface area (Å²) in [6.07, 6.45) is 13.1. The van der Waals surface area contributed by atoms with Crippen molar-refractivity contribution in [1.82, 2.24) is 0 Å². The second kappa shape index (κ2) is 14.2. The van der Waals surface area contributed by atoms with Gasteiger partial charge in [0.2, 0.25) is 0 Å². The molecule has 0 spiro atoms. The van der Waals surface area contributed by atoms with E-state index in [1.807, 2.05) is 39.8 Å². The predicted octanol–water partition coefficient (Wildman–Crippen LogP) is 9.14. The number of nitrogens with two attached hydrogens (primary N) is 2. The molecule has 51 heavy (non-hydrogen) atoms. The molecule has 6 rings (SSSR count). The molecule has 0 radical (unpaired) electrons. The third-order valence-corrected chi connectivity index (χ3v) is 13.7. The standard InChI is InChI=1S/C43H60F2N2O4/c1-40(2,38(48)50-28-22-32-30(34(44)24-28)20-26-14-9-7-11-18-42(32,5)36(26)46)16-13-17-41(3,4)39(49)51-29-23-33-31(35(45)25-29)21-27-15-10-8-12-19-43(33,6)37(27)47/h22-27,36-37H,7-21,46-47H2,1-6H3/t26-,27-,36-,37-,42+,43+/m0/s1. The molecule has 2 fully saturated rings. The van der Waals surface area contributed by atoms with Gasteiger partial charge in [0, 0.05) is 35.0 Å². The first-order chi connectivity index (χ1) is 24.0. The summed E-state index contributed by atoms with van der Waals surface area (Å²) >= 11 is 0. The fourth-order valence-corrected chi connectivity index (χ4v) is 9.94. The van der Waals surface area contributed by atoms with Crippen LogP contribution in [0.1, 0.15) is 147 Å². The first-order valence-electron chi connectivity index (χ1n) is 19.6. The Morgan fingerprint density at radius 1 is 0.686 bits per heavy atom. The van der Waals surface area contributed by atoms with E-state index in [1.165, 1.54) is 12.1 Å². The molecule has 0 unspecified atom stereocenters. The number of carbonyl (C=O) groups excluding carboxylic acids is 2. The van der Waals surface area contributed by atoms with Crippen molar-refractivity contribution >= 4 is 11.9 Å². The van der Waals surface area contributed by atoms with Crippen LogP contribution in [0.5, 0.6) is 11.5 Å². The van der Waals surface area contributed by atoms with Gasteiger partial charge in [0.05, 0.1) is 10.8 Å². The number of halogens is 2. The minimum Gasteiger partial charge on any atom is -0.426 e. The monoisotopic (exact) mass is 706 g/mol. The van der Waals surface area contributed by atoms with Gasteiger partial charge in [0.25, 0.3) is 0 Å². The number of carbonyl (C=O) groups is 2. The molecular weight excluding hydrogens is 646 g/mol. The van der Waals surface area contributed by atoms with Gasteiger partial charge in [0.1, 0.15) is 23.1 Å². The Labute approximate surface area is 303 Å². The Morgan fingerprint density at radius 3 is 1.47 bits per heavy atom. The third kappa shape index (κ3) is 7.25. The molecular formula is C43H60F2N2O4. The summed E-state index contributed by atoms with van der Waals surface area (Å²) in [5, 5.41) is 0. The van der Waals surface area contributed by atoms with Crippen LogP contribution in [-0.4, -0.2) is 24.0 Å². The lowest BCUT2D eigenvalue weighted by atomic mass is 9.60. The van der Waals surface area contributed by atoms with Crippen LogP contribution in [0.25, 0.3) is 0 Å². The van der Waals surface area contributed by atoms with Crippen LogP contribution in [0.15, 0.2) is 24.3 Å². The number of rotatable bonds is 8. The summed E-state index contributed by atoms with van der Waals surface area (Å²) in [5.41, 5.74) is 14.3. The lowest BCUT2D eigenvalue weighted by Gasteiger charge is -2.47. The molecule has 6 nitrogen and oxygen atoms in total. The van der Waals surface area contributed by atoms with Gasteiger partial charge >= 0.3 is 11.9 Å². The van der Waals surface area contributed by atoms with Gasteiger partial charge in [0.15, 0.2) is 0 Å². The Balaban J connectivity index is 1.09. The van der Waals surface area contributed by atoms with Crippen molar-refractivity contribution in [2.24, 2.45) is 34.1 Å². The topological polar surface area (TPSA) is 105 Å². The lowest BCUT2D eigenvalue weighted by molar-refractivity contribution is -0.145. The van der Waals surface area contributed by atoms with Crippen LogP contribution in [-0.2, 0) is 33.3 Å². The third-order valence-electron chi connectivity index (χ3n) is 13.7. The fraction of sp³-hybridized carbons (Fsp3) is 0.674. The summed E-state index contributed by atoms with van der Waals surface area (Å²) in [4.78, 5) is 27.0. The molecule has 8 heteroatoms. The van der Waals surface area contributed by atoms with Crippen molar-refractivity contribution in [2.75, 3.05) is 0 Å². The number of benzene rings is 2. The molecule has 0 saturated heterocycles. The number of fused-ring (bicyclic) bond motifs is 8. The van der Waals surface area contributed by atoms with Crippen molar-refractivity contribution in [3.05, 3.63) is 58.2 Å². The van der Waals surface area contributed by atoms with E-state index in [2.05, 4.69) is 13.8 Å². The van der Waals surface area contributed by atoms with Crippen molar-refractivity contribution in [1.29, 1.82) is 0 Å². The predicted molar refractivity (Wildman–Crippen MR) is 197 cm³/mol. The molecule has 2 aromatic carbocycles. The summed E-state index contributed by atoms with van der Waals surface area (Å²) in [5.74, 6) is -0.633. The molecule has 2 aromatic rings. The molecule has 2 saturated carbocycles. The quantitative estimate of drug-likeness (QED) is 0.210. The number of esters is 2. The smallest absolute Gasteiger partial charge is 0.316 e. The van der Waals surface area contributed by atoms with Crippen molar-refractivity contribution in [3.63, 3.8) is 0 Å². The summed E-state index contributed by atoms with van der Waals surface area (Å²) in [7, 11) is 0. The molecule has 280 valence electrons. The van der Waals surface area contributed by atoms with E-state index in [4.69, 9.17) is 20.9 Å². The highest BCUT2D eigenvalue weighted by atomic mass is 19.1. The highest BCUT2D eigenvalue weighted by Gasteiger charge is 2.47. The number of hydrogen-bond acceptors (Lipinski definition) is 6. The highest BCUT2D eigenvalue weighted by Crippen LogP contribution is 2.49. The van der Waals surface area contributed by atoms with Gasteiger partial charge in [-0.05, 0) is 125 Å². The van der Waals surface area contributed by atoms with E-state index in [1.54, 1.807) is 0 Å². The zero-order valence-electron chi connectivity index (χ0n) is 31.8. The number of hydrogen-bond donors (Lipinski definition) is 2. The highest BCUT2D eigenvalue weighted by molar-refractivity contribution is 5.79. The van der Waals surface area contributed by atoms with Crippen LogP contribution in [0.3, 0.4) is 0 Å². The first-order valence-corrected chi connectivity index (χ1v) is 19.6. The van der Waals surface area contributed by atoms with Crippen molar-refractivity contribution in [2.45, 2.75) is 161 Å². The van der Waals surface area contributed by atoms with Crippen LogP contribution < -0.4 is 20.9 Å². The zero-order valence-corrected chi connectivity index (χ0v) is 31.8. The van der Waals surface area contributed by atoms with Gasteiger partial charge in [-0.3, -0.25) is 9.59 Å². The Hall–Kier alpha value is -2.84. The van der Waals surface area contributed by atoms with Gasteiger partial charge in [-0.1, -0.05) is 58.8 Å². The summed E-state index contributed by atoms with van der Waals surface area (Å²) in [6.45, 7) is 11.5. The van der Waals surface area contributed by atoms with Gasteiger partial charge in [-0.2, -0.15) is 0 Å². The lowest BCUT2D eigenvalue weighted by Crippen LogP contribution is -2.53. The summed E-state index contributed by atoms with van der Waals surface area (Å²) in [6, 6.07) is 6.25. The van der Waals surface area contributed by atoms with E-state index in [-0.39, 0.29) is 57.9 Å². The van der Waals surface area contributed by atoms with Crippen molar-refractivity contribution in [3.8, 4) is 11.5 Å². The molecule has 0 aliphatic heterocycles. The van der Waals surface area contributed by atoms with E-state index in [0.29, 0.717) is 43.2 Å². The first kappa shape index (κ1) is 37.9. The second-order valence-corrected chi connectivity index (χ2v) is 18.3. The van der Waals surface area contributed by atoms with Crippen LogP contribution in [0.4, 0.5) is 8.78 Å². The molecule has 0 amide bonds. The Bertz CT molecular complexity index is 1540. The largest absolute Gasteiger partial charge is 0.426 e. The van der Waals surface area contributed by atoms with E-state index < -0.39 is 22.8 Å². The maximum absolute atomic E-state index is 15.6. The van der Waals surface area contributed by atoms with E-state index in [9.17, 15) is 9.59 Å². The maximum atomic E-state index is 15.6. The van der Waals surface area contributed by atoms with Crippen molar-refractivity contribution < 1.29 is 27.8 Å². The zero-order chi connectivity index (χ0) is 36.9. The number of ether oxygens (including phenoxy) is 2. The molecule has 6 atom stereocenters. The van der Waals surface area contributed by atoms with E-state index >= 15 is 8.78 Å². The normalized spacial score (nSPS) is 29.4. The SMILES string of the molecule is CC(C)(CCCC(C)(C)C(=O)Oc1cc(F)c2c(c1)[C@@]1(C)CCCCC[C@@H](C2)[C@@H]1N)C(=O)Oc1cc(F)c2c(c1)[C@@]1(C)CCCCC[C@@H](C2)[C@@H]1N. The second-order valence-electron chi connectivity index (χ2n) is 18.3. The van der Waals surface area contributed by atoms with Crippen LogP contribution in [0, 0.1) is 34.3 Å². The minimum absolute atomic E-state index is 0.0659.